The highest BCUT2D eigenvalue weighted by atomic mass is 35.5. The van der Waals surface area contributed by atoms with Gasteiger partial charge >= 0.3 is 5.97 Å². The Morgan fingerprint density at radius 1 is 1.54 bits per heavy atom. The van der Waals surface area contributed by atoms with Crippen LogP contribution >= 0.6 is 11.6 Å². The summed E-state index contributed by atoms with van der Waals surface area (Å²) in [6.07, 6.45) is 0. The molecule has 0 aliphatic heterocycles. The lowest BCUT2D eigenvalue weighted by atomic mass is 10.1. The Bertz CT molecular complexity index is 347. The fourth-order valence-electron chi connectivity index (χ4n) is 0.996. The number of ether oxygens (including phenoxy) is 1. The van der Waals surface area contributed by atoms with Gasteiger partial charge in [-0.25, -0.2) is 4.79 Å². The second-order valence-electron chi connectivity index (χ2n) is 2.61. The van der Waals surface area contributed by atoms with Crippen LogP contribution in [0.3, 0.4) is 0 Å². The number of carbonyl (C=O) groups is 1. The van der Waals surface area contributed by atoms with Crippen molar-refractivity contribution >= 4 is 17.6 Å². The molecule has 0 saturated carbocycles. The van der Waals surface area contributed by atoms with Crippen LogP contribution < -0.4 is 0 Å². The summed E-state index contributed by atoms with van der Waals surface area (Å²) in [6, 6.07) is 2.81. The molecule has 1 rings (SSSR count). The highest BCUT2D eigenvalue weighted by Crippen LogP contribution is 2.26. The maximum absolute atomic E-state index is 11.1. The van der Waals surface area contributed by atoms with Crippen molar-refractivity contribution in [1.29, 1.82) is 0 Å². The molecule has 0 heterocycles. The maximum atomic E-state index is 11.1. The van der Waals surface area contributed by atoms with Gasteiger partial charge in [0.25, 0.3) is 0 Å². The van der Waals surface area contributed by atoms with E-state index in [1.807, 2.05) is 0 Å². The fourth-order valence-corrected chi connectivity index (χ4v) is 1.16. The predicted octanol–water partition coefficient (Wildman–Crippen LogP) is 2.14. The Kier molecular flexibility index (Phi) is 2.78. The number of esters is 1. The van der Waals surface area contributed by atoms with Gasteiger partial charge in [0.15, 0.2) is 0 Å². The minimum Gasteiger partial charge on any atom is -0.506 e. The first-order valence-electron chi connectivity index (χ1n) is 3.63. The van der Waals surface area contributed by atoms with Gasteiger partial charge in [-0.3, -0.25) is 0 Å². The smallest absolute Gasteiger partial charge is 0.338 e. The average molecular weight is 201 g/mol. The number of carbonyl (C=O) groups excluding carboxylic acids is 1. The number of phenols is 1. The number of methoxy groups -OCH3 is 1. The average Bonchev–Trinajstić information content (AvgIpc) is 2.10. The molecule has 4 heteroatoms. The van der Waals surface area contributed by atoms with E-state index in [9.17, 15) is 9.90 Å². The number of aryl methyl sites for hydroxylation is 1. The normalized spacial score (nSPS) is 9.77. The minimum atomic E-state index is -0.459. The van der Waals surface area contributed by atoms with Crippen LogP contribution in [0, 0.1) is 6.92 Å². The predicted molar refractivity (Wildman–Crippen MR) is 49.2 cm³/mol. The van der Waals surface area contributed by atoms with Gasteiger partial charge in [-0.15, -0.1) is 0 Å². The van der Waals surface area contributed by atoms with Gasteiger partial charge in [0.2, 0.25) is 0 Å². The van der Waals surface area contributed by atoms with Crippen molar-refractivity contribution in [2.75, 3.05) is 7.11 Å². The summed E-state index contributed by atoms with van der Waals surface area (Å²) in [5.41, 5.74) is 0.999. The second kappa shape index (κ2) is 3.66. The molecule has 0 saturated heterocycles. The highest BCUT2D eigenvalue weighted by molar-refractivity contribution is 6.32. The molecular weight excluding hydrogens is 192 g/mol. The molecule has 1 N–H and O–H groups in total. The SMILES string of the molecule is COC(=O)c1cc(Cl)c(O)cc1C. The second-order valence-corrected chi connectivity index (χ2v) is 3.02. The quantitative estimate of drug-likeness (QED) is 0.707. The van der Waals surface area contributed by atoms with E-state index in [0.717, 1.165) is 0 Å². The third kappa shape index (κ3) is 1.92. The zero-order valence-corrected chi connectivity index (χ0v) is 8.05. The highest BCUT2D eigenvalue weighted by Gasteiger charge is 2.11. The molecule has 0 aliphatic rings. The van der Waals surface area contributed by atoms with Gasteiger partial charge in [-0.1, -0.05) is 11.6 Å². The standard InChI is InChI=1S/C9H9ClO3/c1-5-3-8(11)7(10)4-6(5)9(12)13-2/h3-4,11H,1-2H3. The summed E-state index contributed by atoms with van der Waals surface area (Å²) in [4.78, 5) is 11.1. The van der Waals surface area contributed by atoms with Gasteiger partial charge in [0.1, 0.15) is 5.75 Å². The largest absolute Gasteiger partial charge is 0.506 e. The van der Waals surface area contributed by atoms with Crippen LogP contribution in [0.15, 0.2) is 12.1 Å². The van der Waals surface area contributed by atoms with Gasteiger partial charge in [-0.05, 0) is 24.6 Å². The van der Waals surface area contributed by atoms with E-state index in [1.165, 1.54) is 19.2 Å². The lowest BCUT2D eigenvalue weighted by Crippen LogP contribution is -2.03. The number of hydrogen-bond acceptors (Lipinski definition) is 3. The van der Waals surface area contributed by atoms with Crippen molar-refractivity contribution in [2.45, 2.75) is 6.92 Å². The lowest BCUT2D eigenvalue weighted by Gasteiger charge is -2.05. The molecule has 0 amide bonds. The summed E-state index contributed by atoms with van der Waals surface area (Å²) in [5.74, 6) is -0.494. The van der Waals surface area contributed by atoms with Crippen molar-refractivity contribution in [2.24, 2.45) is 0 Å². The van der Waals surface area contributed by atoms with Gasteiger partial charge in [0, 0.05) is 0 Å². The van der Waals surface area contributed by atoms with Gasteiger partial charge in [0.05, 0.1) is 17.7 Å². The van der Waals surface area contributed by atoms with Crippen LogP contribution in [0.25, 0.3) is 0 Å². The van der Waals surface area contributed by atoms with Gasteiger partial charge < -0.3 is 9.84 Å². The molecule has 0 atom stereocenters. The summed E-state index contributed by atoms with van der Waals surface area (Å²) in [5, 5.41) is 9.34. The van der Waals surface area contributed by atoms with Crippen molar-refractivity contribution in [1.82, 2.24) is 0 Å². The molecule has 13 heavy (non-hydrogen) atoms. The molecule has 1 aromatic carbocycles. The monoisotopic (exact) mass is 200 g/mol. The van der Waals surface area contributed by atoms with Crippen LogP contribution in [-0.2, 0) is 4.74 Å². The van der Waals surface area contributed by atoms with Crippen LogP contribution in [0.1, 0.15) is 15.9 Å². The van der Waals surface area contributed by atoms with Crippen LogP contribution in [0.2, 0.25) is 5.02 Å². The van der Waals surface area contributed by atoms with Crippen molar-refractivity contribution in [3.05, 3.63) is 28.3 Å². The Hall–Kier alpha value is -1.22. The number of phenolic OH excluding ortho intramolecular Hbond substituents is 1. The number of aromatic hydroxyl groups is 1. The van der Waals surface area contributed by atoms with E-state index in [1.54, 1.807) is 6.92 Å². The zero-order valence-electron chi connectivity index (χ0n) is 7.30. The van der Waals surface area contributed by atoms with E-state index in [4.69, 9.17) is 11.6 Å². The summed E-state index contributed by atoms with van der Waals surface area (Å²) >= 11 is 5.63. The van der Waals surface area contributed by atoms with Crippen LogP contribution in [0.4, 0.5) is 0 Å². The fraction of sp³-hybridized carbons (Fsp3) is 0.222. The summed E-state index contributed by atoms with van der Waals surface area (Å²) < 4.78 is 4.53. The van der Waals surface area contributed by atoms with Crippen LogP contribution in [0.5, 0.6) is 5.75 Å². The van der Waals surface area contributed by atoms with E-state index >= 15 is 0 Å². The first kappa shape index (κ1) is 9.86. The first-order chi connectivity index (χ1) is 6.06. The maximum Gasteiger partial charge on any atom is 0.338 e. The Balaban J connectivity index is 3.23. The molecule has 0 radical (unpaired) electrons. The summed E-state index contributed by atoms with van der Waals surface area (Å²) in [7, 11) is 1.29. The Morgan fingerprint density at radius 2 is 2.15 bits per heavy atom. The third-order valence-electron chi connectivity index (χ3n) is 1.70. The molecule has 70 valence electrons. The van der Waals surface area contributed by atoms with E-state index < -0.39 is 5.97 Å². The molecule has 0 fully saturated rings. The van der Waals surface area contributed by atoms with Gasteiger partial charge in [-0.2, -0.15) is 0 Å². The van der Waals surface area contributed by atoms with E-state index in [-0.39, 0.29) is 10.8 Å². The van der Waals surface area contributed by atoms with Crippen LogP contribution in [-0.4, -0.2) is 18.2 Å². The zero-order chi connectivity index (χ0) is 10.0. The van der Waals surface area contributed by atoms with E-state index in [2.05, 4.69) is 4.74 Å². The first-order valence-corrected chi connectivity index (χ1v) is 4.01. The van der Waals surface area contributed by atoms with E-state index in [0.29, 0.717) is 11.1 Å². The third-order valence-corrected chi connectivity index (χ3v) is 2.00. The van der Waals surface area contributed by atoms with Crippen molar-refractivity contribution in [3.8, 4) is 5.75 Å². The molecule has 1 aromatic rings. The minimum absolute atomic E-state index is 0.0354. The number of halogens is 1. The van der Waals surface area contributed by atoms with Crippen molar-refractivity contribution < 1.29 is 14.6 Å². The molecule has 0 aromatic heterocycles. The number of benzene rings is 1. The Morgan fingerprint density at radius 3 is 2.69 bits per heavy atom. The lowest BCUT2D eigenvalue weighted by molar-refractivity contribution is 0.0600. The molecule has 0 spiro atoms. The number of rotatable bonds is 1. The number of hydrogen-bond donors (Lipinski definition) is 1. The van der Waals surface area contributed by atoms with Crippen molar-refractivity contribution in [3.63, 3.8) is 0 Å². The summed E-state index contributed by atoms with van der Waals surface area (Å²) in [6.45, 7) is 1.70. The molecule has 3 nitrogen and oxygen atoms in total. The Labute approximate surface area is 80.9 Å². The molecular formula is C9H9ClO3. The topological polar surface area (TPSA) is 46.5 Å². The molecule has 0 unspecified atom stereocenters. The molecule has 0 aliphatic carbocycles. The molecule has 0 bridgehead atoms.